The van der Waals surface area contributed by atoms with Gasteiger partial charge in [-0.25, -0.2) is 0 Å². The Kier molecular flexibility index (Phi) is 5.14. The first-order valence-corrected chi connectivity index (χ1v) is 3.73. The van der Waals surface area contributed by atoms with Gasteiger partial charge in [-0.3, -0.25) is 14.3 Å². The Balaban J connectivity index is 3.71. The van der Waals surface area contributed by atoms with Gasteiger partial charge in [0.1, 0.15) is 13.0 Å². The number of Topliss-reactive ketones (excluding diaryl/α,β-unsaturated/α-hetero) is 1. The maximum absolute atomic E-state index is 11.4. The zero-order valence-electron chi connectivity index (χ0n) is 7.39. The molecule has 0 bridgehead atoms. The molecule has 0 unspecified atom stereocenters. The quantitative estimate of drug-likeness (QED) is 0.507. The molecule has 0 spiro atoms. The molecule has 0 saturated carbocycles. The number of alkyl halides is 3. The second-order valence-corrected chi connectivity index (χ2v) is 2.25. The first-order valence-electron chi connectivity index (χ1n) is 3.73. The van der Waals surface area contributed by atoms with Crippen LogP contribution in [0.15, 0.2) is 0 Å². The number of ketones is 1. The molecule has 7 heteroatoms. The molecule has 0 aromatic heterocycles. The Labute approximate surface area is 78.0 Å². The Morgan fingerprint density at radius 2 is 1.86 bits per heavy atom. The molecule has 0 atom stereocenters. The average molecular weight is 214 g/mol. The van der Waals surface area contributed by atoms with Gasteiger partial charge in [0.25, 0.3) is 0 Å². The third-order valence-corrected chi connectivity index (χ3v) is 1.04. The lowest BCUT2D eigenvalue weighted by Crippen LogP contribution is -2.22. The van der Waals surface area contributed by atoms with E-state index in [2.05, 4.69) is 9.47 Å². The fourth-order valence-electron chi connectivity index (χ4n) is 0.586. The van der Waals surface area contributed by atoms with Crippen molar-refractivity contribution in [2.45, 2.75) is 19.7 Å². The molecule has 82 valence electrons. The van der Waals surface area contributed by atoms with Crippen molar-refractivity contribution in [3.63, 3.8) is 0 Å². The van der Waals surface area contributed by atoms with Crippen LogP contribution in [-0.2, 0) is 19.1 Å². The number of carbonyl (C=O) groups is 2. The smallest absolute Gasteiger partial charge is 0.466 e. The first kappa shape index (κ1) is 12.9. The highest BCUT2D eigenvalue weighted by atomic mass is 19.4. The molecule has 0 saturated heterocycles. The van der Waals surface area contributed by atoms with Gasteiger partial charge in [-0.15, -0.1) is 13.2 Å². The summed E-state index contributed by atoms with van der Waals surface area (Å²) >= 11 is 0. The Morgan fingerprint density at radius 3 is 2.29 bits per heavy atom. The molecule has 0 aromatic rings. The van der Waals surface area contributed by atoms with Crippen LogP contribution in [0.2, 0.25) is 0 Å². The van der Waals surface area contributed by atoms with E-state index in [0.717, 1.165) is 0 Å². The predicted molar refractivity (Wildman–Crippen MR) is 38.3 cm³/mol. The van der Waals surface area contributed by atoms with Crippen molar-refractivity contribution >= 4 is 11.8 Å². The van der Waals surface area contributed by atoms with Gasteiger partial charge < -0.3 is 4.74 Å². The lowest BCUT2D eigenvalue weighted by atomic mass is 10.3. The second kappa shape index (κ2) is 5.58. The van der Waals surface area contributed by atoms with Crippen molar-refractivity contribution in [3.05, 3.63) is 0 Å². The molecule has 0 aliphatic carbocycles. The molecule has 0 N–H and O–H groups in total. The minimum atomic E-state index is -4.86. The normalized spacial score (nSPS) is 11.1. The summed E-state index contributed by atoms with van der Waals surface area (Å²) in [5, 5.41) is 0. The fraction of sp³-hybridized carbons (Fsp3) is 0.714. The van der Waals surface area contributed by atoms with Crippen molar-refractivity contribution in [2.75, 3.05) is 13.2 Å². The molecule has 0 fully saturated rings. The number of ether oxygens (including phenoxy) is 2. The van der Waals surface area contributed by atoms with Crippen LogP contribution in [0.25, 0.3) is 0 Å². The topological polar surface area (TPSA) is 52.6 Å². The molecule has 0 rings (SSSR count). The summed E-state index contributed by atoms with van der Waals surface area (Å²) in [7, 11) is 0. The van der Waals surface area contributed by atoms with Gasteiger partial charge in [0.05, 0.1) is 6.61 Å². The third kappa shape index (κ3) is 7.53. The zero-order chi connectivity index (χ0) is 11.2. The zero-order valence-corrected chi connectivity index (χ0v) is 7.39. The van der Waals surface area contributed by atoms with Crippen LogP contribution in [0.1, 0.15) is 13.3 Å². The van der Waals surface area contributed by atoms with Crippen LogP contribution in [0, 0.1) is 0 Å². The van der Waals surface area contributed by atoms with Crippen LogP contribution < -0.4 is 0 Å². The monoisotopic (exact) mass is 214 g/mol. The summed E-state index contributed by atoms with van der Waals surface area (Å²) in [5.41, 5.74) is 0. The van der Waals surface area contributed by atoms with Crippen molar-refractivity contribution in [3.8, 4) is 0 Å². The van der Waals surface area contributed by atoms with E-state index in [1.165, 1.54) is 6.92 Å². The van der Waals surface area contributed by atoms with E-state index in [4.69, 9.17) is 0 Å². The van der Waals surface area contributed by atoms with Crippen molar-refractivity contribution in [1.29, 1.82) is 0 Å². The van der Waals surface area contributed by atoms with E-state index in [1.54, 1.807) is 0 Å². The van der Waals surface area contributed by atoms with Gasteiger partial charge in [-0.2, -0.15) is 0 Å². The Morgan fingerprint density at radius 1 is 1.29 bits per heavy atom. The van der Waals surface area contributed by atoms with Gasteiger partial charge in [0.2, 0.25) is 0 Å². The summed E-state index contributed by atoms with van der Waals surface area (Å²) in [6, 6.07) is 0. The fourth-order valence-corrected chi connectivity index (χ4v) is 0.586. The lowest BCUT2D eigenvalue weighted by Gasteiger charge is -2.05. The number of hydrogen-bond acceptors (Lipinski definition) is 4. The number of rotatable bonds is 5. The molecular weight excluding hydrogens is 205 g/mol. The average Bonchev–Trinajstić information content (AvgIpc) is 2.00. The van der Waals surface area contributed by atoms with Crippen LogP contribution in [0.4, 0.5) is 13.2 Å². The molecule has 0 amide bonds. The highest BCUT2D eigenvalue weighted by Gasteiger charge is 2.30. The number of carbonyl (C=O) groups excluding carboxylic acids is 2. The van der Waals surface area contributed by atoms with E-state index < -0.39 is 31.1 Å². The van der Waals surface area contributed by atoms with Gasteiger partial charge in [0, 0.05) is 0 Å². The maximum atomic E-state index is 11.4. The van der Waals surface area contributed by atoms with Gasteiger partial charge in [0.15, 0.2) is 5.78 Å². The molecule has 0 aliphatic rings. The van der Waals surface area contributed by atoms with Crippen LogP contribution >= 0.6 is 0 Å². The minimum absolute atomic E-state index is 0.0756. The molecule has 0 radical (unpaired) electrons. The molecule has 0 aromatic carbocycles. The van der Waals surface area contributed by atoms with Crippen molar-refractivity contribution in [1.82, 2.24) is 0 Å². The van der Waals surface area contributed by atoms with Crippen LogP contribution in [0.3, 0.4) is 0 Å². The van der Waals surface area contributed by atoms with E-state index in [0.29, 0.717) is 0 Å². The molecule has 4 nitrogen and oxygen atoms in total. The standard InChI is InChI=1S/C7H9F3O4/c1-2-13-6(12)3-5(11)4-14-7(8,9)10/h2-4H2,1H3. The molecule has 0 heterocycles. The van der Waals surface area contributed by atoms with Crippen LogP contribution in [-0.4, -0.2) is 31.3 Å². The highest BCUT2D eigenvalue weighted by molar-refractivity contribution is 5.96. The first-order chi connectivity index (χ1) is 6.35. The summed E-state index contributed by atoms with van der Waals surface area (Å²) in [6.45, 7) is 0.434. The molecular formula is C7H9F3O4. The van der Waals surface area contributed by atoms with E-state index in [1.807, 2.05) is 0 Å². The summed E-state index contributed by atoms with van der Waals surface area (Å²) in [6.07, 6.45) is -5.56. The number of esters is 1. The van der Waals surface area contributed by atoms with Crippen molar-refractivity contribution in [2.24, 2.45) is 0 Å². The maximum Gasteiger partial charge on any atom is 0.522 e. The van der Waals surface area contributed by atoms with Gasteiger partial charge >= 0.3 is 12.3 Å². The van der Waals surface area contributed by atoms with Crippen LogP contribution in [0.5, 0.6) is 0 Å². The molecule has 0 aliphatic heterocycles. The highest BCUT2D eigenvalue weighted by Crippen LogP contribution is 2.15. The van der Waals surface area contributed by atoms with Crippen molar-refractivity contribution < 1.29 is 32.2 Å². The Hall–Kier alpha value is -1.11. The predicted octanol–water partition coefficient (Wildman–Crippen LogP) is 1.05. The SMILES string of the molecule is CCOC(=O)CC(=O)COC(F)(F)F. The number of hydrogen-bond donors (Lipinski definition) is 0. The van der Waals surface area contributed by atoms with Gasteiger partial charge in [-0.1, -0.05) is 0 Å². The third-order valence-electron chi connectivity index (χ3n) is 1.04. The van der Waals surface area contributed by atoms with E-state index in [-0.39, 0.29) is 6.61 Å². The summed E-state index contributed by atoms with van der Waals surface area (Å²) in [4.78, 5) is 21.2. The van der Waals surface area contributed by atoms with E-state index in [9.17, 15) is 22.8 Å². The lowest BCUT2D eigenvalue weighted by molar-refractivity contribution is -0.320. The van der Waals surface area contributed by atoms with E-state index >= 15 is 0 Å². The Bertz CT molecular complexity index is 211. The number of halogens is 3. The second-order valence-electron chi connectivity index (χ2n) is 2.25. The summed E-state index contributed by atoms with van der Waals surface area (Å²) < 4.78 is 41.8. The summed E-state index contributed by atoms with van der Waals surface area (Å²) in [5.74, 6) is -1.83. The minimum Gasteiger partial charge on any atom is -0.466 e. The largest absolute Gasteiger partial charge is 0.522 e. The van der Waals surface area contributed by atoms with Gasteiger partial charge in [-0.05, 0) is 6.92 Å². The molecule has 14 heavy (non-hydrogen) atoms.